The fourth-order valence-electron chi connectivity index (χ4n) is 3.67. The molecule has 1 amide bonds. The Hall–Kier alpha value is -2.24. The highest BCUT2D eigenvalue weighted by Gasteiger charge is 2.24. The van der Waals surface area contributed by atoms with Crippen molar-refractivity contribution >= 4 is 11.9 Å². The number of likely N-dealkylation sites (N-methyl/N-ethyl adjacent to an activating group) is 1. The van der Waals surface area contributed by atoms with Gasteiger partial charge < -0.3 is 19.1 Å². The van der Waals surface area contributed by atoms with E-state index in [1.54, 1.807) is 12.1 Å². The number of hydrogen-bond acceptors (Lipinski definition) is 5. The minimum Gasteiger partial charge on any atom is -0.486 e. The Kier molecular flexibility index (Phi) is 6.36. The van der Waals surface area contributed by atoms with Crippen molar-refractivity contribution in [1.82, 2.24) is 4.90 Å². The maximum atomic E-state index is 12.4. The zero-order valence-corrected chi connectivity index (χ0v) is 15.4. The lowest BCUT2D eigenvalue weighted by Gasteiger charge is -2.33. The van der Waals surface area contributed by atoms with Crippen LogP contribution in [0.3, 0.4) is 0 Å². The number of rotatable bonds is 6. The van der Waals surface area contributed by atoms with Gasteiger partial charge in [0.05, 0.1) is 6.42 Å². The number of carbonyl (C=O) groups excluding carboxylic acids is 2. The van der Waals surface area contributed by atoms with Crippen LogP contribution in [0, 0.1) is 0 Å². The number of esters is 1. The van der Waals surface area contributed by atoms with E-state index in [1.807, 2.05) is 17.9 Å². The standard InChI is InChI=1S/C20H27NO5/c1-2-21(16-6-4-3-5-7-16)19(22)14-26-20(23)13-15-8-9-17-18(12-15)25-11-10-24-17/h8-9,12,16H,2-7,10-11,13-14H2,1H3. The van der Waals surface area contributed by atoms with Crippen molar-refractivity contribution in [3.05, 3.63) is 23.8 Å². The number of fused-ring (bicyclic) bond motifs is 1. The Morgan fingerprint density at radius 1 is 1.12 bits per heavy atom. The molecule has 1 aliphatic carbocycles. The second-order valence-electron chi connectivity index (χ2n) is 6.79. The maximum absolute atomic E-state index is 12.4. The van der Waals surface area contributed by atoms with Crippen LogP contribution in [-0.4, -0.2) is 49.2 Å². The first-order chi connectivity index (χ1) is 12.7. The van der Waals surface area contributed by atoms with E-state index in [-0.39, 0.29) is 25.0 Å². The third-order valence-electron chi connectivity index (χ3n) is 4.99. The van der Waals surface area contributed by atoms with Gasteiger partial charge in [0.1, 0.15) is 13.2 Å². The zero-order chi connectivity index (χ0) is 18.4. The van der Waals surface area contributed by atoms with Gasteiger partial charge in [-0.25, -0.2) is 0 Å². The van der Waals surface area contributed by atoms with Crippen LogP contribution in [0.5, 0.6) is 11.5 Å². The molecular weight excluding hydrogens is 334 g/mol. The molecule has 26 heavy (non-hydrogen) atoms. The Balaban J connectivity index is 1.49. The van der Waals surface area contributed by atoms with Crippen molar-refractivity contribution in [2.75, 3.05) is 26.4 Å². The van der Waals surface area contributed by atoms with E-state index in [4.69, 9.17) is 14.2 Å². The molecule has 2 aliphatic rings. The van der Waals surface area contributed by atoms with E-state index in [9.17, 15) is 9.59 Å². The first kappa shape index (κ1) is 18.5. The molecule has 1 aromatic rings. The average Bonchev–Trinajstić information content (AvgIpc) is 2.68. The maximum Gasteiger partial charge on any atom is 0.310 e. The minimum absolute atomic E-state index is 0.102. The van der Waals surface area contributed by atoms with Gasteiger partial charge in [0.2, 0.25) is 0 Å². The third-order valence-corrected chi connectivity index (χ3v) is 4.99. The summed E-state index contributed by atoms with van der Waals surface area (Å²) >= 11 is 0. The molecule has 0 saturated heterocycles. The third kappa shape index (κ3) is 4.68. The van der Waals surface area contributed by atoms with Crippen molar-refractivity contribution in [3.63, 3.8) is 0 Å². The lowest BCUT2D eigenvalue weighted by Crippen LogP contribution is -2.43. The van der Waals surface area contributed by atoms with Gasteiger partial charge in [0.25, 0.3) is 5.91 Å². The monoisotopic (exact) mass is 361 g/mol. The quantitative estimate of drug-likeness (QED) is 0.729. The summed E-state index contributed by atoms with van der Waals surface area (Å²) in [4.78, 5) is 26.4. The summed E-state index contributed by atoms with van der Waals surface area (Å²) in [5, 5.41) is 0. The Bertz CT molecular complexity index is 639. The van der Waals surface area contributed by atoms with Crippen LogP contribution < -0.4 is 9.47 Å². The van der Waals surface area contributed by atoms with Crippen LogP contribution >= 0.6 is 0 Å². The van der Waals surface area contributed by atoms with E-state index < -0.39 is 5.97 Å². The van der Waals surface area contributed by atoms with Crippen LogP contribution in [0.2, 0.25) is 0 Å². The van der Waals surface area contributed by atoms with Crippen molar-refractivity contribution < 1.29 is 23.8 Å². The van der Waals surface area contributed by atoms with Crippen molar-refractivity contribution in [3.8, 4) is 11.5 Å². The Morgan fingerprint density at radius 2 is 1.85 bits per heavy atom. The summed E-state index contributed by atoms with van der Waals surface area (Å²) in [6.45, 7) is 3.48. The van der Waals surface area contributed by atoms with Crippen LogP contribution in [0.4, 0.5) is 0 Å². The summed E-state index contributed by atoms with van der Waals surface area (Å²) in [6.07, 6.45) is 5.78. The van der Waals surface area contributed by atoms with E-state index in [2.05, 4.69) is 0 Å². The van der Waals surface area contributed by atoms with E-state index in [0.29, 0.717) is 31.3 Å². The van der Waals surface area contributed by atoms with Gasteiger partial charge in [-0.1, -0.05) is 25.3 Å². The normalized spacial score (nSPS) is 16.8. The molecule has 0 atom stereocenters. The number of ether oxygens (including phenoxy) is 3. The molecule has 0 N–H and O–H groups in total. The lowest BCUT2D eigenvalue weighted by molar-refractivity contribution is -0.152. The Labute approximate surface area is 154 Å². The van der Waals surface area contributed by atoms with Crippen LogP contribution in [0.25, 0.3) is 0 Å². The van der Waals surface area contributed by atoms with Crippen molar-refractivity contribution in [2.45, 2.75) is 51.5 Å². The summed E-state index contributed by atoms with van der Waals surface area (Å²) in [7, 11) is 0. The first-order valence-electron chi connectivity index (χ1n) is 9.51. The number of benzene rings is 1. The number of nitrogens with zero attached hydrogens (tertiary/aromatic N) is 1. The molecule has 1 fully saturated rings. The molecule has 0 radical (unpaired) electrons. The van der Waals surface area contributed by atoms with Crippen LogP contribution in [0.15, 0.2) is 18.2 Å². The molecule has 0 bridgehead atoms. The molecule has 0 aromatic heterocycles. The van der Waals surface area contributed by atoms with Crippen LogP contribution in [-0.2, 0) is 20.7 Å². The molecule has 1 heterocycles. The molecule has 3 rings (SSSR count). The number of carbonyl (C=O) groups is 2. The van der Waals surface area contributed by atoms with Gasteiger partial charge >= 0.3 is 5.97 Å². The highest BCUT2D eigenvalue weighted by atomic mass is 16.6. The largest absolute Gasteiger partial charge is 0.486 e. The zero-order valence-electron chi connectivity index (χ0n) is 15.4. The number of amides is 1. The highest BCUT2D eigenvalue weighted by Crippen LogP contribution is 2.31. The SMILES string of the molecule is CCN(C(=O)COC(=O)Cc1ccc2c(c1)OCCO2)C1CCCCC1. The fourth-order valence-corrected chi connectivity index (χ4v) is 3.67. The summed E-state index contributed by atoms with van der Waals surface area (Å²) < 4.78 is 16.2. The second-order valence-corrected chi connectivity index (χ2v) is 6.79. The smallest absolute Gasteiger partial charge is 0.310 e. The average molecular weight is 361 g/mol. The van der Waals surface area contributed by atoms with Gasteiger partial charge in [0.15, 0.2) is 18.1 Å². The summed E-state index contributed by atoms with van der Waals surface area (Å²) in [5.41, 5.74) is 0.784. The van der Waals surface area contributed by atoms with Crippen molar-refractivity contribution in [1.29, 1.82) is 0 Å². The van der Waals surface area contributed by atoms with Crippen molar-refractivity contribution in [2.24, 2.45) is 0 Å². The highest BCUT2D eigenvalue weighted by molar-refractivity contribution is 5.81. The predicted molar refractivity (Wildman–Crippen MR) is 96.4 cm³/mol. The second kappa shape index (κ2) is 8.92. The van der Waals surface area contributed by atoms with Gasteiger partial charge in [-0.2, -0.15) is 0 Å². The molecule has 1 saturated carbocycles. The van der Waals surface area contributed by atoms with Gasteiger partial charge in [-0.15, -0.1) is 0 Å². The molecular formula is C20H27NO5. The van der Waals surface area contributed by atoms with E-state index in [0.717, 1.165) is 18.4 Å². The molecule has 6 nitrogen and oxygen atoms in total. The molecule has 142 valence electrons. The summed E-state index contributed by atoms with van der Waals surface area (Å²) in [5.74, 6) is 0.825. The topological polar surface area (TPSA) is 65.1 Å². The molecule has 0 unspecified atom stereocenters. The fraction of sp³-hybridized carbons (Fsp3) is 0.600. The van der Waals surface area contributed by atoms with Gasteiger partial charge in [-0.3, -0.25) is 9.59 Å². The number of hydrogen-bond donors (Lipinski definition) is 0. The van der Waals surface area contributed by atoms with E-state index >= 15 is 0 Å². The van der Waals surface area contributed by atoms with E-state index in [1.165, 1.54) is 19.3 Å². The van der Waals surface area contributed by atoms with Gasteiger partial charge in [-0.05, 0) is 37.5 Å². The predicted octanol–water partition coefficient (Wildman–Crippen LogP) is 2.72. The molecule has 1 aromatic carbocycles. The molecule has 1 aliphatic heterocycles. The lowest BCUT2D eigenvalue weighted by atomic mass is 9.94. The first-order valence-corrected chi connectivity index (χ1v) is 9.51. The molecule has 0 spiro atoms. The Morgan fingerprint density at radius 3 is 2.58 bits per heavy atom. The molecule has 6 heteroatoms. The minimum atomic E-state index is -0.408. The summed E-state index contributed by atoms with van der Waals surface area (Å²) in [6, 6.07) is 5.69. The van der Waals surface area contributed by atoms with Crippen LogP contribution in [0.1, 0.15) is 44.6 Å². The van der Waals surface area contributed by atoms with Gasteiger partial charge in [0, 0.05) is 12.6 Å².